The van der Waals surface area contributed by atoms with Crippen LogP contribution in [0.2, 0.25) is 0 Å². The first-order valence-electron chi connectivity index (χ1n) is 9.03. The number of hydrogen-bond donors (Lipinski definition) is 2. The molecule has 0 unspecified atom stereocenters. The highest BCUT2D eigenvalue weighted by molar-refractivity contribution is 5.94. The Hall–Kier alpha value is -2.17. The van der Waals surface area contributed by atoms with Gasteiger partial charge in [-0.3, -0.25) is 4.79 Å². The van der Waals surface area contributed by atoms with Crippen molar-refractivity contribution in [2.24, 2.45) is 0 Å². The molecule has 1 heterocycles. The van der Waals surface area contributed by atoms with Crippen LogP contribution >= 0.6 is 0 Å². The summed E-state index contributed by atoms with van der Waals surface area (Å²) >= 11 is 0. The van der Waals surface area contributed by atoms with Crippen LogP contribution in [0.4, 0.5) is 0 Å². The molecule has 4 nitrogen and oxygen atoms in total. The van der Waals surface area contributed by atoms with Crippen LogP contribution in [0.25, 0.3) is 0 Å². The first-order valence-corrected chi connectivity index (χ1v) is 9.03. The highest BCUT2D eigenvalue weighted by Gasteiger charge is 2.15. The molecule has 1 atom stereocenters. The molecule has 1 fully saturated rings. The van der Waals surface area contributed by atoms with E-state index < -0.39 is 0 Å². The lowest BCUT2D eigenvalue weighted by atomic mass is 9.91. The van der Waals surface area contributed by atoms with Gasteiger partial charge in [-0.05, 0) is 48.6 Å². The lowest BCUT2D eigenvalue weighted by Crippen LogP contribution is -2.29. The van der Waals surface area contributed by atoms with Crippen LogP contribution in [-0.2, 0) is 11.3 Å². The maximum atomic E-state index is 12.2. The maximum Gasteiger partial charge on any atom is 0.251 e. The highest BCUT2D eigenvalue weighted by Crippen LogP contribution is 2.23. The molecule has 0 bridgehead atoms. The van der Waals surface area contributed by atoms with Gasteiger partial charge in [-0.15, -0.1) is 0 Å². The normalized spacial score (nSPS) is 17.2. The summed E-state index contributed by atoms with van der Waals surface area (Å²) < 4.78 is 5.58. The maximum absolute atomic E-state index is 12.2. The van der Waals surface area contributed by atoms with Crippen LogP contribution in [0, 0.1) is 0 Å². The van der Waals surface area contributed by atoms with Crippen molar-refractivity contribution in [3.8, 4) is 0 Å². The molecule has 0 aromatic heterocycles. The van der Waals surface area contributed by atoms with Crippen molar-refractivity contribution in [2.75, 3.05) is 26.2 Å². The third-order valence-electron chi connectivity index (χ3n) is 4.58. The second-order valence-electron chi connectivity index (χ2n) is 6.46. The van der Waals surface area contributed by atoms with Crippen molar-refractivity contribution in [3.05, 3.63) is 71.3 Å². The first kappa shape index (κ1) is 17.6. The molecule has 0 spiro atoms. The van der Waals surface area contributed by atoms with E-state index in [4.69, 9.17) is 4.74 Å². The summed E-state index contributed by atoms with van der Waals surface area (Å²) in [6.07, 6.45) is 2.44. The van der Waals surface area contributed by atoms with E-state index >= 15 is 0 Å². The monoisotopic (exact) mass is 338 g/mol. The van der Waals surface area contributed by atoms with Crippen LogP contribution in [-0.4, -0.2) is 32.1 Å². The van der Waals surface area contributed by atoms with Gasteiger partial charge in [0.05, 0.1) is 13.2 Å². The van der Waals surface area contributed by atoms with E-state index in [1.54, 1.807) is 0 Å². The number of carbonyl (C=O) groups excluding carboxylic acids is 1. The van der Waals surface area contributed by atoms with Gasteiger partial charge in [0.1, 0.15) is 0 Å². The number of benzene rings is 2. The topological polar surface area (TPSA) is 50.4 Å². The predicted molar refractivity (Wildman–Crippen MR) is 99.7 cm³/mol. The molecule has 2 aromatic rings. The number of carbonyl (C=O) groups is 1. The van der Waals surface area contributed by atoms with Crippen molar-refractivity contribution >= 4 is 5.91 Å². The van der Waals surface area contributed by atoms with Crippen molar-refractivity contribution in [1.82, 2.24) is 10.6 Å². The second-order valence-corrected chi connectivity index (χ2v) is 6.46. The van der Waals surface area contributed by atoms with E-state index in [2.05, 4.69) is 22.8 Å². The van der Waals surface area contributed by atoms with Gasteiger partial charge in [0.25, 0.3) is 5.91 Å². The fourth-order valence-corrected chi connectivity index (χ4v) is 3.15. The zero-order valence-corrected chi connectivity index (χ0v) is 14.5. The van der Waals surface area contributed by atoms with Crippen LogP contribution < -0.4 is 10.6 Å². The average Bonchev–Trinajstić information content (AvgIpc) is 2.69. The molecule has 0 radical (unpaired) electrons. The van der Waals surface area contributed by atoms with Crippen molar-refractivity contribution < 1.29 is 9.53 Å². The first-order chi connectivity index (χ1) is 12.3. The number of ether oxygens (including phenoxy) is 1. The van der Waals surface area contributed by atoms with E-state index in [1.807, 2.05) is 42.5 Å². The molecule has 1 saturated heterocycles. The van der Waals surface area contributed by atoms with Gasteiger partial charge >= 0.3 is 0 Å². The minimum atomic E-state index is -0.0448. The second kappa shape index (κ2) is 9.35. The van der Waals surface area contributed by atoms with Crippen LogP contribution in [0.3, 0.4) is 0 Å². The Labute approximate surface area is 149 Å². The summed E-state index contributed by atoms with van der Waals surface area (Å²) in [5, 5.41) is 6.34. The van der Waals surface area contributed by atoms with E-state index in [9.17, 15) is 4.79 Å². The standard InChI is InChI=1S/C21H26N2O2/c24-21(23-13-14-25-16-17-5-2-1-3-6-17)19-10-8-18(9-11-19)20-7-4-12-22-15-20/h1-3,5-6,8-11,20,22H,4,7,12-16H2,(H,23,24)/t20-/m0/s1. The third kappa shape index (κ3) is 5.41. The van der Waals surface area contributed by atoms with Crippen molar-refractivity contribution in [1.29, 1.82) is 0 Å². The molecule has 0 aliphatic carbocycles. The number of hydrogen-bond acceptors (Lipinski definition) is 3. The molecule has 1 aliphatic heterocycles. The minimum Gasteiger partial charge on any atom is -0.375 e. The van der Waals surface area contributed by atoms with Crippen LogP contribution in [0.5, 0.6) is 0 Å². The van der Waals surface area contributed by atoms with E-state index in [-0.39, 0.29) is 5.91 Å². The van der Waals surface area contributed by atoms with Crippen molar-refractivity contribution in [3.63, 3.8) is 0 Å². The number of piperidine rings is 1. The molecule has 1 amide bonds. The minimum absolute atomic E-state index is 0.0448. The molecule has 4 heteroatoms. The molecule has 25 heavy (non-hydrogen) atoms. The summed E-state index contributed by atoms with van der Waals surface area (Å²) in [7, 11) is 0. The summed E-state index contributed by atoms with van der Waals surface area (Å²) in [6, 6.07) is 18.0. The Bertz CT molecular complexity index is 649. The predicted octanol–water partition coefficient (Wildman–Crippen LogP) is 3.10. The van der Waals surface area contributed by atoms with Crippen LogP contribution in [0.15, 0.2) is 54.6 Å². The highest BCUT2D eigenvalue weighted by atomic mass is 16.5. The molecule has 1 aliphatic rings. The van der Waals surface area contributed by atoms with Gasteiger partial charge in [-0.2, -0.15) is 0 Å². The fourth-order valence-electron chi connectivity index (χ4n) is 3.15. The molecule has 3 rings (SSSR count). The smallest absolute Gasteiger partial charge is 0.251 e. The average molecular weight is 338 g/mol. The molecule has 2 N–H and O–H groups in total. The molecule has 132 valence electrons. The lowest BCUT2D eigenvalue weighted by Gasteiger charge is -2.23. The van der Waals surface area contributed by atoms with Gasteiger partial charge in [-0.25, -0.2) is 0 Å². The number of amides is 1. The van der Waals surface area contributed by atoms with Gasteiger partial charge < -0.3 is 15.4 Å². The molecular weight excluding hydrogens is 312 g/mol. The van der Waals surface area contributed by atoms with Crippen molar-refractivity contribution in [2.45, 2.75) is 25.4 Å². The molecule has 0 saturated carbocycles. The Morgan fingerprint density at radius 1 is 1.12 bits per heavy atom. The summed E-state index contributed by atoms with van der Waals surface area (Å²) in [4.78, 5) is 12.2. The van der Waals surface area contributed by atoms with Gasteiger partial charge in [0.15, 0.2) is 0 Å². The molecule has 2 aromatic carbocycles. The van der Waals surface area contributed by atoms with Gasteiger partial charge in [-0.1, -0.05) is 42.5 Å². The van der Waals surface area contributed by atoms with Gasteiger partial charge in [0.2, 0.25) is 0 Å². The summed E-state index contributed by atoms with van der Waals surface area (Å²) in [5.41, 5.74) is 3.16. The Kier molecular flexibility index (Phi) is 6.60. The molecular formula is C21H26N2O2. The summed E-state index contributed by atoms with van der Waals surface area (Å²) in [5.74, 6) is 0.522. The Morgan fingerprint density at radius 2 is 1.92 bits per heavy atom. The van der Waals surface area contributed by atoms with Crippen LogP contribution in [0.1, 0.15) is 40.2 Å². The number of nitrogens with one attached hydrogen (secondary N) is 2. The Balaban J connectivity index is 1.39. The van der Waals surface area contributed by atoms with Gasteiger partial charge in [0, 0.05) is 18.7 Å². The zero-order chi connectivity index (χ0) is 17.3. The fraction of sp³-hybridized carbons (Fsp3) is 0.381. The van der Waals surface area contributed by atoms with E-state index in [0.29, 0.717) is 31.2 Å². The zero-order valence-electron chi connectivity index (χ0n) is 14.5. The SMILES string of the molecule is O=C(NCCOCc1ccccc1)c1ccc([C@H]2CCCNC2)cc1. The van der Waals surface area contributed by atoms with E-state index in [0.717, 1.165) is 18.7 Å². The largest absolute Gasteiger partial charge is 0.375 e. The quantitative estimate of drug-likeness (QED) is 0.763. The third-order valence-corrected chi connectivity index (χ3v) is 4.58. The lowest BCUT2D eigenvalue weighted by molar-refractivity contribution is 0.0901. The number of rotatable bonds is 7. The Morgan fingerprint density at radius 3 is 2.64 bits per heavy atom. The summed E-state index contributed by atoms with van der Waals surface area (Å²) in [6.45, 7) is 3.74. The van der Waals surface area contributed by atoms with E-state index in [1.165, 1.54) is 18.4 Å².